The molecule has 0 atom stereocenters. The Labute approximate surface area is 88.4 Å². The molecule has 4 heteroatoms. The third-order valence-corrected chi connectivity index (χ3v) is 2.30. The number of carbonyl (C=O) groups is 1. The molecule has 1 aliphatic rings. The summed E-state index contributed by atoms with van der Waals surface area (Å²) in [4.78, 5) is 17.0. The zero-order valence-corrected chi connectivity index (χ0v) is 8.60. The minimum Gasteiger partial charge on any atom is -0.497 e. The van der Waals surface area contributed by atoms with Gasteiger partial charge in [-0.05, 0) is 24.6 Å². The van der Waals surface area contributed by atoms with Gasteiger partial charge in [0.05, 0.1) is 20.3 Å². The summed E-state index contributed by atoms with van der Waals surface area (Å²) < 4.78 is 5.06. The summed E-state index contributed by atoms with van der Waals surface area (Å²) in [6.45, 7) is 1.28. The predicted octanol–water partition coefficient (Wildman–Crippen LogP) is 1.47. The molecule has 0 radical (unpaired) electrons. The van der Waals surface area contributed by atoms with Crippen LogP contribution in [0.4, 0.5) is 0 Å². The molecule has 0 bridgehead atoms. The Morgan fingerprint density at radius 1 is 1.53 bits per heavy atom. The Morgan fingerprint density at radius 3 is 3.07 bits per heavy atom. The first-order chi connectivity index (χ1) is 7.31. The number of methoxy groups -OCH3 is 1. The Balaban J connectivity index is 2.17. The fourth-order valence-corrected chi connectivity index (χ4v) is 1.51. The number of amides is 1. The quantitative estimate of drug-likeness (QED) is 0.737. The van der Waals surface area contributed by atoms with E-state index in [0.29, 0.717) is 24.5 Å². The topological polar surface area (TPSA) is 38.8 Å². The molecule has 1 aromatic carbocycles. The van der Waals surface area contributed by atoms with Crippen LogP contribution in [0.5, 0.6) is 5.75 Å². The molecule has 1 fully saturated rings. The zero-order valence-electron chi connectivity index (χ0n) is 8.60. The highest BCUT2D eigenvalue weighted by Gasteiger charge is 2.20. The van der Waals surface area contributed by atoms with Crippen LogP contribution in [-0.2, 0) is 4.84 Å². The van der Waals surface area contributed by atoms with Crippen LogP contribution in [0.15, 0.2) is 24.3 Å². The number of hydroxylamine groups is 2. The van der Waals surface area contributed by atoms with Crippen molar-refractivity contribution in [2.45, 2.75) is 6.42 Å². The van der Waals surface area contributed by atoms with Crippen molar-refractivity contribution < 1.29 is 14.4 Å². The molecule has 0 unspecified atom stereocenters. The highest BCUT2D eigenvalue weighted by Crippen LogP contribution is 2.16. The molecule has 0 N–H and O–H groups in total. The largest absolute Gasteiger partial charge is 0.497 e. The average molecular weight is 207 g/mol. The van der Waals surface area contributed by atoms with E-state index in [1.165, 1.54) is 5.06 Å². The van der Waals surface area contributed by atoms with Crippen LogP contribution in [0, 0.1) is 0 Å². The van der Waals surface area contributed by atoms with Crippen molar-refractivity contribution in [3.63, 3.8) is 0 Å². The average Bonchev–Trinajstić information content (AvgIpc) is 2.81. The van der Waals surface area contributed by atoms with E-state index in [4.69, 9.17) is 9.57 Å². The number of rotatable bonds is 2. The van der Waals surface area contributed by atoms with Gasteiger partial charge < -0.3 is 4.74 Å². The number of hydrogen-bond donors (Lipinski definition) is 0. The molecule has 4 nitrogen and oxygen atoms in total. The summed E-state index contributed by atoms with van der Waals surface area (Å²) >= 11 is 0. The SMILES string of the molecule is COc1cccc(C(=O)N2CCCO2)c1. The summed E-state index contributed by atoms with van der Waals surface area (Å²) in [6, 6.07) is 7.07. The normalized spacial score (nSPS) is 15.4. The fraction of sp³-hybridized carbons (Fsp3) is 0.364. The van der Waals surface area contributed by atoms with Crippen LogP contribution in [0.2, 0.25) is 0 Å². The Morgan fingerprint density at radius 2 is 2.40 bits per heavy atom. The smallest absolute Gasteiger partial charge is 0.277 e. The van der Waals surface area contributed by atoms with E-state index in [1.807, 2.05) is 6.07 Å². The molecule has 15 heavy (non-hydrogen) atoms. The minimum atomic E-state index is -0.105. The van der Waals surface area contributed by atoms with E-state index < -0.39 is 0 Å². The molecule has 80 valence electrons. The molecule has 0 aliphatic carbocycles. The van der Waals surface area contributed by atoms with Crippen molar-refractivity contribution in [1.82, 2.24) is 5.06 Å². The first-order valence-corrected chi connectivity index (χ1v) is 4.90. The van der Waals surface area contributed by atoms with Gasteiger partial charge in [0.1, 0.15) is 5.75 Å². The number of nitrogens with zero attached hydrogens (tertiary/aromatic N) is 1. The van der Waals surface area contributed by atoms with Gasteiger partial charge in [0, 0.05) is 5.56 Å². The van der Waals surface area contributed by atoms with E-state index >= 15 is 0 Å². The highest BCUT2D eigenvalue weighted by atomic mass is 16.7. The Hall–Kier alpha value is -1.55. The molecule has 1 saturated heterocycles. The van der Waals surface area contributed by atoms with Gasteiger partial charge >= 0.3 is 0 Å². The lowest BCUT2D eigenvalue weighted by Gasteiger charge is -2.13. The fourth-order valence-electron chi connectivity index (χ4n) is 1.51. The van der Waals surface area contributed by atoms with Crippen LogP contribution in [0.1, 0.15) is 16.8 Å². The molecule has 1 aliphatic heterocycles. The van der Waals surface area contributed by atoms with Gasteiger partial charge in [-0.2, -0.15) is 0 Å². The Bertz CT molecular complexity index is 359. The van der Waals surface area contributed by atoms with Gasteiger partial charge in [-0.1, -0.05) is 6.07 Å². The van der Waals surface area contributed by atoms with Gasteiger partial charge in [0.15, 0.2) is 0 Å². The van der Waals surface area contributed by atoms with Gasteiger partial charge in [-0.25, -0.2) is 5.06 Å². The number of hydrogen-bond acceptors (Lipinski definition) is 3. The molecule has 2 rings (SSSR count). The van der Waals surface area contributed by atoms with E-state index in [-0.39, 0.29) is 5.91 Å². The maximum absolute atomic E-state index is 11.9. The van der Waals surface area contributed by atoms with Gasteiger partial charge in [-0.3, -0.25) is 9.63 Å². The standard InChI is InChI=1S/C11H13NO3/c1-14-10-5-2-4-9(8-10)11(13)12-6-3-7-15-12/h2,4-5,8H,3,6-7H2,1H3. The number of benzene rings is 1. The molecule has 0 saturated carbocycles. The van der Waals surface area contributed by atoms with Crippen LogP contribution in [-0.4, -0.2) is 31.2 Å². The molecule has 1 heterocycles. The zero-order chi connectivity index (χ0) is 10.7. The van der Waals surface area contributed by atoms with Crippen LogP contribution < -0.4 is 4.74 Å². The van der Waals surface area contributed by atoms with Crippen LogP contribution in [0.25, 0.3) is 0 Å². The van der Waals surface area contributed by atoms with Gasteiger partial charge in [0.2, 0.25) is 0 Å². The maximum Gasteiger partial charge on any atom is 0.277 e. The van der Waals surface area contributed by atoms with E-state index in [2.05, 4.69) is 0 Å². The number of carbonyl (C=O) groups excluding carboxylic acids is 1. The Kier molecular flexibility index (Phi) is 2.87. The predicted molar refractivity (Wildman–Crippen MR) is 54.6 cm³/mol. The molecular weight excluding hydrogens is 194 g/mol. The highest BCUT2D eigenvalue weighted by molar-refractivity contribution is 5.94. The van der Waals surface area contributed by atoms with Crippen molar-refractivity contribution in [3.05, 3.63) is 29.8 Å². The van der Waals surface area contributed by atoms with E-state index in [9.17, 15) is 4.79 Å². The second-order valence-corrected chi connectivity index (χ2v) is 3.33. The third-order valence-electron chi connectivity index (χ3n) is 2.30. The second-order valence-electron chi connectivity index (χ2n) is 3.33. The van der Waals surface area contributed by atoms with E-state index in [0.717, 1.165) is 6.42 Å². The van der Waals surface area contributed by atoms with Crippen molar-refractivity contribution in [2.75, 3.05) is 20.3 Å². The lowest BCUT2D eigenvalue weighted by Crippen LogP contribution is -2.26. The van der Waals surface area contributed by atoms with E-state index in [1.54, 1.807) is 25.3 Å². The van der Waals surface area contributed by atoms with Gasteiger partial charge in [0.25, 0.3) is 5.91 Å². The van der Waals surface area contributed by atoms with Crippen molar-refractivity contribution in [1.29, 1.82) is 0 Å². The minimum absolute atomic E-state index is 0.105. The van der Waals surface area contributed by atoms with Crippen molar-refractivity contribution >= 4 is 5.91 Å². The first-order valence-electron chi connectivity index (χ1n) is 4.90. The summed E-state index contributed by atoms with van der Waals surface area (Å²) in [7, 11) is 1.58. The third kappa shape index (κ3) is 2.10. The van der Waals surface area contributed by atoms with Crippen LogP contribution in [0.3, 0.4) is 0 Å². The second kappa shape index (κ2) is 4.31. The molecule has 0 spiro atoms. The molecule has 0 aromatic heterocycles. The number of ether oxygens (including phenoxy) is 1. The molecule has 1 amide bonds. The lowest BCUT2D eigenvalue weighted by molar-refractivity contribution is -0.0768. The van der Waals surface area contributed by atoms with Gasteiger partial charge in [-0.15, -0.1) is 0 Å². The molecular formula is C11H13NO3. The summed E-state index contributed by atoms with van der Waals surface area (Å²) in [5.74, 6) is 0.575. The van der Waals surface area contributed by atoms with Crippen LogP contribution >= 0.6 is 0 Å². The maximum atomic E-state index is 11.9. The van der Waals surface area contributed by atoms with Crippen molar-refractivity contribution in [2.24, 2.45) is 0 Å². The lowest BCUT2D eigenvalue weighted by atomic mass is 10.2. The first kappa shape index (κ1) is 9.98. The molecule has 1 aromatic rings. The summed E-state index contributed by atoms with van der Waals surface area (Å²) in [5, 5.41) is 1.40. The monoisotopic (exact) mass is 207 g/mol. The van der Waals surface area contributed by atoms with Crippen molar-refractivity contribution in [3.8, 4) is 5.75 Å². The summed E-state index contributed by atoms with van der Waals surface area (Å²) in [6.07, 6.45) is 0.899. The summed E-state index contributed by atoms with van der Waals surface area (Å²) in [5.41, 5.74) is 0.594.